The van der Waals surface area contributed by atoms with Gasteiger partial charge in [-0.2, -0.15) is 0 Å². The van der Waals surface area contributed by atoms with Crippen LogP contribution in [0.1, 0.15) is 0 Å². The van der Waals surface area contributed by atoms with E-state index in [4.69, 9.17) is 10.2 Å². The summed E-state index contributed by atoms with van der Waals surface area (Å²) >= 11 is 0. The van der Waals surface area contributed by atoms with Crippen LogP contribution in [0.4, 0.5) is 0 Å². The molecule has 0 aromatic rings. The zero-order valence-electron chi connectivity index (χ0n) is 35.8. The van der Waals surface area contributed by atoms with Gasteiger partial charge < -0.3 is 117 Å². The summed E-state index contributed by atoms with van der Waals surface area (Å²) in [7, 11) is 0. The van der Waals surface area contributed by atoms with Crippen molar-refractivity contribution in [3.05, 3.63) is 0 Å². The summed E-state index contributed by atoms with van der Waals surface area (Å²) in [4.78, 5) is 95.8. The average Bonchev–Trinajstić information content (AvgIpc) is 3.25. The van der Waals surface area contributed by atoms with Gasteiger partial charge in [0.15, 0.2) is 13.2 Å². The molecule has 4 amide bonds. The standard InChI is InChI=1S/C34H61N9O22.Gd.H2O/c44-16-22(48)33(62)31(60)20(46)9-39-64-18-26(52)37-3-1-35-24(50)11-42(14-29(56)57)7-5-41(13-28(54)55)6-8-43(15-30(58)59)12-25(51)36-2-4-38-27(53)19-65-40-10-21(47)32(61)34(63)23(49)17-45;;/h9-10,20-23,31-34,44-49,60-63H,1-8,11-19H2,(H,35,50)(H,36,51)(H,37,52)(H,38,53)(H,54,55)(H,56,57)(H,58,59);;1H2/q;+3;/p-3/b39-9+,40-10+;;/t20?,21?,22?,23?,31-,32-,33?,34?;;/m0../s1. The van der Waals surface area contributed by atoms with Crippen molar-refractivity contribution in [2.24, 2.45) is 10.3 Å². The maximum absolute atomic E-state index is 12.5. The second kappa shape index (κ2) is 38.9. The fraction of sp³-hybridized carbons (Fsp3) is 0.735. The second-order valence-electron chi connectivity index (χ2n) is 13.7. The van der Waals surface area contributed by atoms with Gasteiger partial charge in [0.05, 0.1) is 56.6 Å². The Morgan fingerprint density at radius 2 is 0.761 bits per heavy atom. The summed E-state index contributed by atoms with van der Waals surface area (Å²) in [6.45, 7) is -7.97. The van der Waals surface area contributed by atoms with Gasteiger partial charge in [0, 0.05) is 72.0 Å². The topological polar surface area (TPSA) is 523 Å². The monoisotopic (exact) mass is 1120 g/mol. The number of oxime groups is 2. The smallest absolute Gasteiger partial charge is 0.549 e. The van der Waals surface area contributed by atoms with E-state index >= 15 is 0 Å². The number of carbonyl (C=O) groups is 7. The summed E-state index contributed by atoms with van der Waals surface area (Å²) in [6.07, 6.45) is -13.7. The number of amides is 4. The molecular formula is C34H60GdN9O23. The first-order valence-electron chi connectivity index (χ1n) is 19.4. The molecule has 0 aliphatic carbocycles. The molecule has 0 bridgehead atoms. The van der Waals surface area contributed by atoms with Gasteiger partial charge in [-0.25, -0.2) is 0 Å². The first-order valence-corrected chi connectivity index (χ1v) is 19.4. The molecule has 16 N–H and O–H groups in total. The van der Waals surface area contributed by atoms with Crippen LogP contribution in [0.5, 0.6) is 0 Å². The van der Waals surface area contributed by atoms with Gasteiger partial charge in [-0.05, 0) is 0 Å². The van der Waals surface area contributed by atoms with Gasteiger partial charge in [-0.15, -0.1) is 0 Å². The second-order valence-corrected chi connectivity index (χ2v) is 13.7. The van der Waals surface area contributed by atoms with Crippen LogP contribution in [-0.4, -0.2) is 286 Å². The summed E-state index contributed by atoms with van der Waals surface area (Å²) in [5.74, 6) is -7.66. The maximum Gasteiger partial charge on any atom is 3.00 e. The SMILES string of the molecule is O.O=C([O-])CN(CCN(CC(=O)[O-])CC(=O)NCCNC(=O)CO/N=C/C(O)[C@H](O)C(O)C(O)CO)CCN(CC(=O)[O-])CC(=O)NCCNC(=O)CO/N=C/C(O)[C@H](O)C(O)C(O)CO.[Gd+3]. The van der Waals surface area contributed by atoms with Crippen molar-refractivity contribution >= 4 is 54.0 Å². The average molecular weight is 1120 g/mol. The number of aliphatic hydroxyl groups excluding tert-OH is 10. The predicted molar refractivity (Wildman–Crippen MR) is 211 cm³/mol. The number of aliphatic hydroxyl groups is 10. The third kappa shape index (κ3) is 33.2. The Bertz CT molecular complexity index is 1420. The number of carboxylic acid groups (broad SMARTS) is 3. The van der Waals surface area contributed by atoms with Crippen molar-refractivity contribution in [1.29, 1.82) is 0 Å². The summed E-state index contributed by atoms with van der Waals surface area (Å²) in [6, 6.07) is 0. The Labute approximate surface area is 413 Å². The molecule has 8 atom stereocenters. The molecule has 33 heteroatoms. The van der Waals surface area contributed by atoms with Crippen LogP contribution in [-0.2, 0) is 43.2 Å². The molecule has 0 saturated carbocycles. The van der Waals surface area contributed by atoms with Crippen LogP contribution in [0, 0.1) is 39.9 Å². The van der Waals surface area contributed by atoms with Crippen molar-refractivity contribution in [1.82, 2.24) is 36.0 Å². The molecule has 0 aromatic heterocycles. The Balaban J connectivity index is -0.0000205. The molecule has 67 heavy (non-hydrogen) atoms. The van der Waals surface area contributed by atoms with Gasteiger partial charge in [0.25, 0.3) is 11.8 Å². The van der Waals surface area contributed by atoms with Crippen molar-refractivity contribution in [2.75, 3.05) is 112 Å². The van der Waals surface area contributed by atoms with Crippen LogP contribution >= 0.6 is 0 Å². The molecule has 0 saturated heterocycles. The molecule has 0 aliphatic rings. The summed E-state index contributed by atoms with van der Waals surface area (Å²) in [5.41, 5.74) is 0. The van der Waals surface area contributed by atoms with E-state index in [2.05, 4.69) is 41.3 Å². The van der Waals surface area contributed by atoms with Crippen LogP contribution < -0.4 is 36.6 Å². The van der Waals surface area contributed by atoms with Gasteiger partial charge in [0.1, 0.15) is 48.8 Å². The zero-order valence-corrected chi connectivity index (χ0v) is 38.0. The number of carbonyl (C=O) groups excluding carboxylic acids is 7. The molecule has 0 rings (SSSR count). The number of carboxylic acids is 3. The van der Waals surface area contributed by atoms with Crippen molar-refractivity contribution < 1.29 is 155 Å². The van der Waals surface area contributed by atoms with Crippen LogP contribution in [0.15, 0.2) is 10.3 Å². The number of nitrogens with zero attached hydrogens (tertiary/aromatic N) is 5. The van der Waals surface area contributed by atoms with Gasteiger partial charge >= 0.3 is 39.9 Å². The Morgan fingerprint density at radius 1 is 0.478 bits per heavy atom. The largest absolute Gasteiger partial charge is 3.00 e. The Kier molecular flexibility index (Phi) is 39.1. The number of aliphatic carboxylic acids is 3. The first kappa shape index (κ1) is 67.3. The minimum absolute atomic E-state index is 0. The van der Waals surface area contributed by atoms with Crippen molar-refractivity contribution in [3.8, 4) is 0 Å². The number of hydrogen-bond acceptors (Lipinski definition) is 27. The molecule has 0 aromatic carbocycles. The van der Waals surface area contributed by atoms with Gasteiger partial charge in [-0.3, -0.25) is 33.9 Å². The van der Waals surface area contributed by atoms with E-state index in [0.717, 1.165) is 9.80 Å². The molecule has 0 heterocycles. The molecule has 0 spiro atoms. The van der Waals surface area contributed by atoms with E-state index in [1.807, 2.05) is 0 Å². The zero-order chi connectivity index (χ0) is 49.5. The molecular weight excluding hydrogens is 1060 g/mol. The van der Waals surface area contributed by atoms with E-state index in [-0.39, 0.29) is 97.8 Å². The molecule has 0 aliphatic heterocycles. The number of nitrogens with one attached hydrogen (secondary N) is 4. The molecule has 32 nitrogen and oxygen atoms in total. The quantitative estimate of drug-likeness (QED) is 0.0155. The maximum atomic E-state index is 12.5. The van der Waals surface area contributed by atoms with E-state index in [1.165, 1.54) is 4.90 Å². The Morgan fingerprint density at radius 3 is 1.06 bits per heavy atom. The minimum atomic E-state index is -1.94. The Hall–Kier alpha value is -4.01. The third-order valence-corrected chi connectivity index (χ3v) is 8.33. The van der Waals surface area contributed by atoms with Gasteiger partial charge in [-0.1, -0.05) is 10.3 Å². The van der Waals surface area contributed by atoms with Crippen molar-refractivity contribution in [2.45, 2.75) is 48.8 Å². The molecule has 6 unspecified atom stereocenters. The number of rotatable bonds is 38. The summed E-state index contributed by atoms with van der Waals surface area (Å²) in [5, 5.41) is 144. The normalized spacial score (nSPS) is 15.0. The minimum Gasteiger partial charge on any atom is -0.549 e. The predicted octanol–water partition coefficient (Wildman–Crippen LogP) is -16.3. The van der Waals surface area contributed by atoms with Gasteiger partial charge in [0.2, 0.25) is 11.8 Å². The van der Waals surface area contributed by atoms with E-state index in [9.17, 15) is 89.7 Å². The van der Waals surface area contributed by atoms with E-state index in [0.29, 0.717) is 12.4 Å². The fourth-order valence-electron chi connectivity index (χ4n) is 4.89. The van der Waals surface area contributed by atoms with Crippen LogP contribution in [0.2, 0.25) is 0 Å². The molecule has 0 fully saturated rings. The fourth-order valence-corrected chi connectivity index (χ4v) is 4.89. The number of hydrogen-bond donors (Lipinski definition) is 14. The van der Waals surface area contributed by atoms with Crippen LogP contribution in [0.25, 0.3) is 0 Å². The third-order valence-electron chi connectivity index (χ3n) is 8.33. The van der Waals surface area contributed by atoms with Crippen LogP contribution in [0.3, 0.4) is 0 Å². The first-order chi connectivity index (χ1) is 30.6. The molecule has 1 radical (unpaired) electrons. The summed E-state index contributed by atoms with van der Waals surface area (Å²) < 4.78 is 0. The molecule has 387 valence electrons. The van der Waals surface area contributed by atoms with Crippen molar-refractivity contribution in [3.63, 3.8) is 0 Å². The van der Waals surface area contributed by atoms with E-state index < -0.39 is 150 Å². The van der Waals surface area contributed by atoms with E-state index in [1.54, 1.807) is 0 Å².